The van der Waals surface area contributed by atoms with E-state index in [0.717, 1.165) is 13.0 Å². The Bertz CT molecular complexity index is 587. The molecule has 0 bridgehead atoms. The number of nitrogens with one attached hydrogen (secondary N) is 1. The van der Waals surface area contributed by atoms with Crippen molar-refractivity contribution < 1.29 is 12.8 Å². The molecular weight excluding hydrogens is 265 g/mol. The summed E-state index contributed by atoms with van der Waals surface area (Å²) in [6.45, 7) is 1.48. The Hall–Kier alpha value is -0.940. The molecule has 0 radical (unpaired) electrons. The lowest BCUT2D eigenvalue weighted by Crippen LogP contribution is -2.44. The van der Waals surface area contributed by atoms with E-state index in [9.17, 15) is 12.8 Å². The van der Waals surface area contributed by atoms with Gasteiger partial charge in [-0.25, -0.2) is 12.8 Å². The van der Waals surface area contributed by atoms with Gasteiger partial charge in [0.15, 0.2) is 9.84 Å². The van der Waals surface area contributed by atoms with Crippen molar-refractivity contribution in [3.05, 3.63) is 35.6 Å². The van der Waals surface area contributed by atoms with Gasteiger partial charge in [0, 0.05) is 12.5 Å². The van der Waals surface area contributed by atoms with Crippen LogP contribution in [0.2, 0.25) is 0 Å². The first-order chi connectivity index (χ1) is 9.03. The molecule has 0 saturated carbocycles. The smallest absolute Gasteiger partial charge is 0.150 e. The molecule has 1 aromatic rings. The van der Waals surface area contributed by atoms with E-state index in [-0.39, 0.29) is 28.7 Å². The lowest BCUT2D eigenvalue weighted by Gasteiger charge is -2.41. The van der Waals surface area contributed by atoms with Gasteiger partial charge in [0.2, 0.25) is 0 Å². The maximum atomic E-state index is 14.0. The summed E-state index contributed by atoms with van der Waals surface area (Å²) in [6.07, 6.45) is 1.47. The highest BCUT2D eigenvalue weighted by Crippen LogP contribution is 2.48. The van der Waals surface area contributed by atoms with Crippen LogP contribution in [0.3, 0.4) is 0 Å². The standard InChI is InChI=1S/C14H18FNO2S/c15-13-4-2-1-3-11(13)12-9-16-7-5-14(12)6-8-19(17,18)10-14/h1-4,12,16H,5-10H2. The van der Waals surface area contributed by atoms with Crippen LogP contribution in [0.5, 0.6) is 0 Å². The maximum absolute atomic E-state index is 14.0. The minimum absolute atomic E-state index is 0.0419. The quantitative estimate of drug-likeness (QED) is 0.853. The molecule has 2 aliphatic rings. The van der Waals surface area contributed by atoms with E-state index in [1.807, 2.05) is 6.07 Å². The SMILES string of the molecule is O=S1(=O)CCC2(CCNCC2c2ccccc2F)C1. The molecule has 1 N–H and O–H groups in total. The molecule has 2 unspecified atom stereocenters. The van der Waals surface area contributed by atoms with E-state index < -0.39 is 9.84 Å². The average molecular weight is 283 g/mol. The van der Waals surface area contributed by atoms with Gasteiger partial charge < -0.3 is 5.32 Å². The van der Waals surface area contributed by atoms with Gasteiger partial charge in [-0.1, -0.05) is 18.2 Å². The first kappa shape index (κ1) is 13.1. The van der Waals surface area contributed by atoms with Gasteiger partial charge in [0.05, 0.1) is 11.5 Å². The van der Waals surface area contributed by atoms with Gasteiger partial charge in [-0.3, -0.25) is 0 Å². The number of hydrogen-bond acceptors (Lipinski definition) is 3. The molecule has 3 rings (SSSR count). The van der Waals surface area contributed by atoms with Crippen LogP contribution in [0.15, 0.2) is 24.3 Å². The number of halogens is 1. The second-order valence-electron chi connectivity index (χ2n) is 5.73. The zero-order valence-corrected chi connectivity index (χ0v) is 11.5. The van der Waals surface area contributed by atoms with Crippen molar-refractivity contribution >= 4 is 9.84 Å². The largest absolute Gasteiger partial charge is 0.316 e. The normalized spacial score (nSPS) is 33.6. The van der Waals surface area contributed by atoms with Crippen LogP contribution in [-0.2, 0) is 9.84 Å². The second kappa shape index (κ2) is 4.56. The van der Waals surface area contributed by atoms with E-state index in [1.54, 1.807) is 12.1 Å². The first-order valence-corrected chi connectivity index (χ1v) is 8.50. The van der Waals surface area contributed by atoms with Gasteiger partial charge in [-0.2, -0.15) is 0 Å². The number of sulfone groups is 1. The zero-order valence-electron chi connectivity index (χ0n) is 10.7. The molecule has 2 atom stereocenters. The third kappa shape index (κ3) is 2.30. The molecule has 2 heterocycles. The third-order valence-corrected chi connectivity index (χ3v) is 6.43. The second-order valence-corrected chi connectivity index (χ2v) is 7.92. The fraction of sp³-hybridized carbons (Fsp3) is 0.571. The number of rotatable bonds is 1. The highest BCUT2D eigenvalue weighted by atomic mass is 32.2. The molecule has 2 fully saturated rings. The van der Waals surface area contributed by atoms with E-state index in [1.165, 1.54) is 6.07 Å². The summed E-state index contributed by atoms with van der Waals surface area (Å²) in [7, 11) is -2.96. The molecule has 0 aliphatic carbocycles. The monoisotopic (exact) mass is 283 g/mol. The van der Waals surface area contributed by atoms with Crippen LogP contribution in [0, 0.1) is 11.2 Å². The molecule has 19 heavy (non-hydrogen) atoms. The molecule has 2 saturated heterocycles. The number of benzene rings is 1. The van der Waals surface area contributed by atoms with Crippen molar-refractivity contribution in [3.63, 3.8) is 0 Å². The average Bonchev–Trinajstić information content (AvgIpc) is 2.67. The van der Waals surface area contributed by atoms with Gasteiger partial charge in [0.1, 0.15) is 5.82 Å². The Morgan fingerprint density at radius 2 is 2.05 bits per heavy atom. The van der Waals surface area contributed by atoms with E-state index in [2.05, 4.69) is 5.32 Å². The zero-order chi connectivity index (χ0) is 13.5. The topological polar surface area (TPSA) is 46.2 Å². The summed E-state index contributed by atoms with van der Waals surface area (Å²) in [5.41, 5.74) is 0.388. The Labute approximate surface area is 113 Å². The van der Waals surface area contributed by atoms with Crippen molar-refractivity contribution in [2.45, 2.75) is 18.8 Å². The molecular formula is C14H18FNO2S. The molecule has 3 nitrogen and oxygen atoms in total. The van der Waals surface area contributed by atoms with E-state index >= 15 is 0 Å². The number of hydrogen-bond donors (Lipinski definition) is 1. The van der Waals surface area contributed by atoms with Gasteiger partial charge in [-0.05, 0) is 36.4 Å². The van der Waals surface area contributed by atoms with Crippen LogP contribution < -0.4 is 5.32 Å². The van der Waals surface area contributed by atoms with Crippen molar-refractivity contribution in [1.82, 2.24) is 5.32 Å². The predicted molar refractivity (Wildman–Crippen MR) is 72.3 cm³/mol. The van der Waals surface area contributed by atoms with Gasteiger partial charge in [-0.15, -0.1) is 0 Å². The molecule has 104 valence electrons. The minimum atomic E-state index is -2.96. The van der Waals surface area contributed by atoms with Crippen molar-refractivity contribution in [1.29, 1.82) is 0 Å². The molecule has 2 aliphatic heterocycles. The molecule has 0 aromatic heterocycles. The highest BCUT2D eigenvalue weighted by Gasteiger charge is 2.49. The van der Waals surface area contributed by atoms with Crippen molar-refractivity contribution in [2.24, 2.45) is 5.41 Å². The predicted octanol–water partition coefficient (Wildman–Crippen LogP) is 1.71. The number of piperidine rings is 1. The maximum Gasteiger partial charge on any atom is 0.150 e. The van der Waals surface area contributed by atoms with E-state index in [0.29, 0.717) is 18.5 Å². The Kier molecular flexibility index (Phi) is 3.14. The Morgan fingerprint density at radius 3 is 2.74 bits per heavy atom. The van der Waals surface area contributed by atoms with Crippen LogP contribution in [-0.4, -0.2) is 33.0 Å². The van der Waals surface area contributed by atoms with Crippen LogP contribution >= 0.6 is 0 Å². The molecule has 5 heteroatoms. The molecule has 1 aromatic carbocycles. The molecule has 0 amide bonds. The minimum Gasteiger partial charge on any atom is -0.316 e. The Balaban J connectivity index is 2.01. The third-order valence-electron chi connectivity index (χ3n) is 4.59. The molecule has 1 spiro atoms. The fourth-order valence-electron chi connectivity index (χ4n) is 3.59. The summed E-state index contributed by atoms with van der Waals surface area (Å²) in [5.74, 6) is 0.193. The summed E-state index contributed by atoms with van der Waals surface area (Å²) < 4.78 is 37.7. The van der Waals surface area contributed by atoms with Crippen LogP contribution in [0.25, 0.3) is 0 Å². The van der Waals surface area contributed by atoms with Crippen LogP contribution in [0.4, 0.5) is 4.39 Å². The highest BCUT2D eigenvalue weighted by molar-refractivity contribution is 7.91. The van der Waals surface area contributed by atoms with Gasteiger partial charge >= 0.3 is 0 Å². The van der Waals surface area contributed by atoms with Crippen molar-refractivity contribution in [3.8, 4) is 0 Å². The van der Waals surface area contributed by atoms with E-state index in [4.69, 9.17) is 0 Å². The fourth-order valence-corrected chi connectivity index (χ4v) is 5.81. The summed E-state index contributed by atoms with van der Waals surface area (Å²) in [6, 6.07) is 6.75. The lowest BCUT2D eigenvalue weighted by atomic mass is 9.67. The first-order valence-electron chi connectivity index (χ1n) is 6.68. The summed E-state index contributed by atoms with van der Waals surface area (Å²) in [4.78, 5) is 0. The summed E-state index contributed by atoms with van der Waals surface area (Å²) >= 11 is 0. The summed E-state index contributed by atoms with van der Waals surface area (Å²) in [5, 5.41) is 3.28. The van der Waals surface area contributed by atoms with Gasteiger partial charge in [0.25, 0.3) is 0 Å². The van der Waals surface area contributed by atoms with Crippen LogP contribution in [0.1, 0.15) is 24.3 Å². The Morgan fingerprint density at radius 1 is 1.26 bits per heavy atom. The van der Waals surface area contributed by atoms with Crippen molar-refractivity contribution in [2.75, 3.05) is 24.6 Å². The lowest BCUT2D eigenvalue weighted by molar-refractivity contribution is 0.192.